The summed E-state index contributed by atoms with van der Waals surface area (Å²) in [4.78, 5) is 12.6. The molecule has 4 aliphatic rings. The minimum atomic E-state index is -0.602. The van der Waals surface area contributed by atoms with Crippen LogP contribution in [0.2, 0.25) is 0 Å². The molecule has 10 unspecified atom stereocenters. The molecule has 0 aromatic carbocycles. The number of allylic oxidation sites excluding steroid dienone is 3. The van der Waals surface area contributed by atoms with Crippen LogP contribution in [0.3, 0.4) is 0 Å². The largest absolute Gasteiger partial charge is 0.396 e. The highest BCUT2D eigenvalue weighted by Gasteiger charge is 2.46. The van der Waals surface area contributed by atoms with Crippen molar-refractivity contribution < 1.29 is 19.4 Å². The molecule has 0 aromatic heterocycles. The second-order valence-corrected chi connectivity index (χ2v) is 22.7. The van der Waals surface area contributed by atoms with Crippen LogP contribution < -0.4 is 0 Å². The number of unbranched alkanes of at least 4 members (excludes halogenated alkanes) is 5. The molecule has 4 rings (SSSR count). The van der Waals surface area contributed by atoms with Crippen molar-refractivity contribution in [1.82, 2.24) is 0 Å². The quantitative estimate of drug-likeness (QED) is 0.0447. The number of carbonyl (C=O) groups is 1. The third-order valence-corrected chi connectivity index (χ3v) is 18.5. The summed E-state index contributed by atoms with van der Waals surface area (Å²) in [6, 6.07) is 0. The summed E-state index contributed by atoms with van der Waals surface area (Å²) >= 11 is 0. The van der Waals surface area contributed by atoms with Crippen molar-refractivity contribution in [3.63, 3.8) is 0 Å². The Kier molecular flexibility index (Phi) is 24.1. The van der Waals surface area contributed by atoms with Crippen molar-refractivity contribution in [3.8, 4) is 0 Å². The zero-order valence-corrected chi connectivity index (χ0v) is 41.6. The van der Waals surface area contributed by atoms with Crippen molar-refractivity contribution in [2.45, 2.75) is 240 Å². The first-order valence-electron chi connectivity index (χ1n) is 27.3. The molecule has 0 aromatic rings. The van der Waals surface area contributed by atoms with Crippen molar-refractivity contribution in [2.24, 2.45) is 70.5 Å². The van der Waals surface area contributed by atoms with Gasteiger partial charge < -0.3 is 10.2 Å². The average Bonchev–Trinajstić information content (AvgIpc) is 3.28. The molecule has 0 bridgehead atoms. The van der Waals surface area contributed by atoms with Gasteiger partial charge in [-0.3, -0.25) is 4.79 Å². The molecule has 0 amide bonds. The summed E-state index contributed by atoms with van der Waals surface area (Å²) in [5.74, 6) is 7.50. The van der Waals surface area contributed by atoms with Crippen molar-refractivity contribution in [1.29, 1.82) is 0 Å². The summed E-state index contributed by atoms with van der Waals surface area (Å²) in [7, 11) is 0. The first-order valence-corrected chi connectivity index (χ1v) is 27.3. The topological polar surface area (TPSA) is 57.5 Å². The predicted octanol–water partition coefficient (Wildman–Crippen LogP) is 16.6. The fourth-order valence-electron chi connectivity index (χ4n) is 14.3. The van der Waals surface area contributed by atoms with Crippen LogP contribution in [0.4, 0.5) is 4.39 Å². The first kappa shape index (κ1) is 53.4. The Morgan fingerprint density at radius 3 is 1.71 bits per heavy atom. The Balaban J connectivity index is 1.45. The van der Waals surface area contributed by atoms with E-state index in [2.05, 4.69) is 47.4 Å². The van der Waals surface area contributed by atoms with Gasteiger partial charge >= 0.3 is 0 Å². The summed E-state index contributed by atoms with van der Waals surface area (Å²) in [6.45, 7) is 23.4. The SMILES string of the molecule is C=C(C)C(=C)CCCCC1CC(C2CCC(C3CCC(C4CCC(CCCCC)CC4)CC3F)CC2CC)CC(CCCCC(=O)C(=C)C)C1CCCC(CO)(CO)CCCC. The lowest BCUT2D eigenvalue weighted by atomic mass is 9.55. The number of halogens is 1. The van der Waals surface area contributed by atoms with Crippen LogP contribution in [-0.2, 0) is 4.79 Å². The van der Waals surface area contributed by atoms with Gasteiger partial charge in [0.25, 0.3) is 0 Å². The molecule has 4 fully saturated rings. The Bertz CT molecular complexity index is 1260. The average molecular weight is 865 g/mol. The van der Waals surface area contributed by atoms with Crippen LogP contribution in [0.15, 0.2) is 36.5 Å². The number of Topliss-reactive ketones (excluding diaryl/α,β-unsaturated/α-hetero) is 1. The molecule has 4 aliphatic carbocycles. The molecule has 2 N–H and O–H groups in total. The predicted molar refractivity (Wildman–Crippen MR) is 264 cm³/mol. The van der Waals surface area contributed by atoms with Gasteiger partial charge in [0.2, 0.25) is 0 Å². The van der Waals surface area contributed by atoms with E-state index in [9.17, 15) is 15.0 Å². The summed E-state index contributed by atoms with van der Waals surface area (Å²) < 4.78 is 16.4. The molecule has 0 spiro atoms. The van der Waals surface area contributed by atoms with Gasteiger partial charge in [-0.15, -0.1) is 0 Å². The summed E-state index contributed by atoms with van der Waals surface area (Å²) in [6.07, 6.45) is 35.9. The molecular formula is C58H101FO3. The lowest BCUT2D eigenvalue weighted by Crippen LogP contribution is -2.42. The Labute approximate surface area is 383 Å². The Hall–Kier alpha value is -1.26. The molecule has 0 radical (unpaired) electrons. The maximum absolute atomic E-state index is 16.4. The van der Waals surface area contributed by atoms with Crippen LogP contribution in [0.25, 0.3) is 0 Å². The lowest BCUT2D eigenvalue weighted by Gasteiger charge is -2.50. The fourth-order valence-corrected chi connectivity index (χ4v) is 14.3. The van der Waals surface area contributed by atoms with Crippen molar-refractivity contribution in [3.05, 3.63) is 36.5 Å². The molecular weight excluding hydrogens is 764 g/mol. The number of hydrogen-bond donors (Lipinski definition) is 2. The number of rotatable bonds is 29. The van der Waals surface area contributed by atoms with E-state index in [-0.39, 0.29) is 30.3 Å². The molecule has 358 valence electrons. The number of ketones is 1. The number of alkyl halides is 1. The first-order chi connectivity index (χ1) is 29.9. The second kappa shape index (κ2) is 28.0. The fraction of sp³-hybridized carbons (Fsp3) is 0.879. The van der Waals surface area contributed by atoms with E-state index in [1.807, 2.05) is 6.92 Å². The van der Waals surface area contributed by atoms with Gasteiger partial charge in [-0.05, 0) is 187 Å². The number of carbonyl (C=O) groups excluding carboxylic acids is 1. The van der Waals surface area contributed by atoms with Crippen LogP contribution in [0.5, 0.6) is 0 Å². The molecule has 4 heteroatoms. The third kappa shape index (κ3) is 16.3. The van der Waals surface area contributed by atoms with Crippen molar-refractivity contribution in [2.75, 3.05) is 13.2 Å². The zero-order chi connectivity index (χ0) is 45.1. The Morgan fingerprint density at radius 1 is 0.565 bits per heavy atom. The number of hydrogen-bond acceptors (Lipinski definition) is 3. The van der Waals surface area contributed by atoms with E-state index < -0.39 is 6.17 Å². The molecule has 0 heterocycles. The highest BCUT2D eigenvalue weighted by atomic mass is 19.1. The van der Waals surface area contributed by atoms with Gasteiger partial charge in [-0.1, -0.05) is 142 Å². The second-order valence-electron chi connectivity index (χ2n) is 22.7. The highest BCUT2D eigenvalue weighted by Crippen LogP contribution is 2.55. The maximum atomic E-state index is 16.4. The Morgan fingerprint density at radius 2 is 1.13 bits per heavy atom. The monoisotopic (exact) mass is 865 g/mol. The third-order valence-electron chi connectivity index (χ3n) is 18.5. The van der Waals surface area contributed by atoms with E-state index in [1.165, 1.54) is 128 Å². The highest BCUT2D eigenvalue weighted by molar-refractivity contribution is 5.93. The summed E-state index contributed by atoms with van der Waals surface area (Å²) in [5.41, 5.74) is 2.60. The van der Waals surface area contributed by atoms with E-state index >= 15 is 4.39 Å². The molecule has 4 saturated carbocycles. The number of aliphatic hydroxyl groups is 2. The van der Waals surface area contributed by atoms with E-state index in [0.717, 1.165) is 99.9 Å². The summed E-state index contributed by atoms with van der Waals surface area (Å²) in [5, 5.41) is 21.0. The smallest absolute Gasteiger partial charge is 0.157 e. The maximum Gasteiger partial charge on any atom is 0.157 e. The normalized spacial score (nSPS) is 32.1. The van der Waals surface area contributed by atoms with E-state index in [1.54, 1.807) is 0 Å². The minimum absolute atomic E-state index is 0.0677. The molecule has 0 aliphatic heterocycles. The molecule has 3 nitrogen and oxygen atoms in total. The van der Waals surface area contributed by atoms with Gasteiger partial charge in [0.1, 0.15) is 6.17 Å². The number of aliphatic hydroxyl groups excluding tert-OH is 2. The van der Waals surface area contributed by atoms with Gasteiger partial charge in [0, 0.05) is 11.8 Å². The zero-order valence-electron chi connectivity index (χ0n) is 41.6. The van der Waals surface area contributed by atoms with Crippen molar-refractivity contribution >= 4 is 5.78 Å². The minimum Gasteiger partial charge on any atom is -0.396 e. The van der Waals surface area contributed by atoms with Crippen LogP contribution >= 0.6 is 0 Å². The van der Waals surface area contributed by atoms with E-state index in [0.29, 0.717) is 47.5 Å². The van der Waals surface area contributed by atoms with Gasteiger partial charge in [-0.25, -0.2) is 4.39 Å². The molecule has 0 saturated heterocycles. The van der Waals surface area contributed by atoms with E-state index in [4.69, 9.17) is 0 Å². The van der Waals surface area contributed by atoms with Crippen LogP contribution in [0, 0.1) is 70.5 Å². The van der Waals surface area contributed by atoms with Gasteiger partial charge in [-0.2, -0.15) is 0 Å². The van der Waals surface area contributed by atoms with Crippen LogP contribution in [-0.4, -0.2) is 35.4 Å². The lowest BCUT2D eigenvalue weighted by molar-refractivity contribution is -0.115. The van der Waals surface area contributed by atoms with Gasteiger partial charge in [0.05, 0.1) is 13.2 Å². The van der Waals surface area contributed by atoms with Gasteiger partial charge in [0.15, 0.2) is 5.78 Å². The molecule has 62 heavy (non-hydrogen) atoms. The van der Waals surface area contributed by atoms with Crippen LogP contribution in [0.1, 0.15) is 234 Å². The molecule has 10 atom stereocenters. The standard InChI is InChI=1S/C58H101FO3/c1-9-12-14-21-45-26-28-47(29-27-45)48-30-33-55(56(59)39-48)51-31-32-54(46(11-3)36-51)52-37-49(22-16-15-20-44(8)42(4)5)53(24-19-35-58(40-60,41-61)34-13-10-2)50(38-52)23-17-18-25-57(62)43(6)7/h45-56,60-61H,4,6,8-41H2,1-3,5,7H3.